The average molecular weight is 443 g/mol. The van der Waals surface area contributed by atoms with Crippen LogP contribution in [0.3, 0.4) is 0 Å². The second-order valence-electron chi connectivity index (χ2n) is 7.67. The highest BCUT2D eigenvalue weighted by Crippen LogP contribution is 2.19. The van der Waals surface area contributed by atoms with Crippen molar-refractivity contribution in [2.75, 3.05) is 17.7 Å². The molecule has 2 aromatic carbocycles. The van der Waals surface area contributed by atoms with E-state index < -0.39 is 0 Å². The molecule has 0 bridgehead atoms. The number of nitrogens with zero attached hydrogens (tertiary/aromatic N) is 2. The molecular weight excluding hydrogens is 416 g/mol. The van der Waals surface area contributed by atoms with Crippen molar-refractivity contribution in [3.8, 4) is 11.3 Å². The highest BCUT2D eigenvalue weighted by atomic mass is 16.3. The molecular formula is C25H26N6O2. The van der Waals surface area contributed by atoms with Gasteiger partial charge in [0.25, 0.3) is 0 Å². The third kappa shape index (κ3) is 5.96. The van der Waals surface area contributed by atoms with Crippen molar-refractivity contribution in [2.45, 2.75) is 19.0 Å². The maximum Gasteiger partial charge on any atom is 0.224 e. The van der Waals surface area contributed by atoms with Gasteiger partial charge in [-0.1, -0.05) is 60.7 Å². The molecule has 0 aliphatic rings. The number of rotatable bonds is 9. The zero-order valence-electron chi connectivity index (χ0n) is 18.0. The van der Waals surface area contributed by atoms with Gasteiger partial charge in [-0.2, -0.15) is 0 Å². The molecule has 8 nitrogen and oxygen atoms in total. The van der Waals surface area contributed by atoms with Crippen LogP contribution in [0.15, 0.2) is 79.1 Å². The number of nitrogens with two attached hydrogens (primary N) is 1. The number of carbonyl (C=O) groups excluding carboxylic acids is 1. The Bertz CT molecular complexity index is 1170. The first kappa shape index (κ1) is 22.0. The second-order valence-corrected chi connectivity index (χ2v) is 7.67. The van der Waals surface area contributed by atoms with Crippen molar-refractivity contribution in [1.29, 1.82) is 0 Å². The largest absolute Gasteiger partial charge is 0.394 e. The minimum Gasteiger partial charge on any atom is -0.394 e. The fourth-order valence-electron chi connectivity index (χ4n) is 3.45. The minimum atomic E-state index is -0.245. The van der Waals surface area contributed by atoms with Crippen LogP contribution in [0.5, 0.6) is 0 Å². The van der Waals surface area contributed by atoms with Crippen molar-refractivity contribution in [1.82, 2.24) is 20.3 Å². The topological polar surface area (TPSA) is 129 Å². The number of aromatic nitrogens is 3. The normalized spacial score (nSPS) is 11.7. The van der Waals surface area contributed by atoms with Gasteiger partial charge in [0, 0.05) is 12.7 Å². The van der Waals surface area contributed by atoms with Gasteiger partial charge in [-0.25, -0.2) is 9.97 Å². The van der Waals surface area contributed by atoms with Gasteiger partial charge in [-0.15, -0.1) is 0 Å². The Balaban J connectivity index is 1.27. The molecule has 0 saturated heterocycles. The van der Waals surface area contributed by atoms with Gasteiger partial charge >= 0.3 is 0 Å². The van der Waals surface area contributed by atoms with E-state index in [2.05, 4.69) is 25.6 Å². The van der Waals surface area contributed by atoms with Gasteiger partial charge in [0.15, 0.2) is 5.95 Å². The van der Waals surface area contributed by atoms with E-state index in [1.807, 2.05) is 66.7 Å². The number of hydrogen-bond donors (Lipinski definition) is 5. The summed E-state index contributed by atoms with van der Waals surface area (Å²) < 4.78 is 0. The first-order chi connectivity index (χ1) is 16.1. The zero-order chi connectivity index (χ0) is 23.0. The number of anilines is 2. The number of aliphatic hydroxyl groups is 1. The van der Waals surface area contributed by atoms with E-state index >= 15 is 0 Å². The first-order valence-corrected chi connectivity index (χ1v) is 10.6. The van der Waals surface area contributed by atoms with Gasteiger partial charge in [-0.05, 0) is 28.3 Å². The van der Waals surface area contributed by atoms with Gasteiger partial charge in [-0.3, -0.25) is 4.79 Å². The highest BCUT2D eigenvalue weighted by Gasteiger charge is 2.11. The van der Waals surface area contributed by atoms with Crippen LogP contribution in [-0.2, 0) is 17.8 Å². The predicted molar refractivity (Wildman–Crippen MR) is 128 cm³/mol. The number of nitrogen functional groups attached to an aromatic ring is 1. The lowest BCUT2D eigenvalue weighted by atomic mass is 10.1. The zero-order valence-corrected chi connectivity index (χ0v) is 18.0. The van der Waals surface area contributed by atoms with Crippen LogP contribution in [0.1, 0.15) is 22.7 Å². The van der Waals surface area contributed by atoms with Crippen LogP contribution in [0.2, 0.25) is 0 Å². The average Bonchev–Trinajstić information content (AvgIpc) is 3.29. The fourth-order valence-corrected chi connectivity index (χ4v) is 3.45. The monoisotopic (exact) mass is 442 g/mol. The molecule has 1 amide bonds. The van der Waals surface area contributed by atoms with Crippen LogP contribution in [0.25, 0.3) is 11.3 Å². The van der Waals surface area contributed by atoms with Crippen molar-refractivity contribution >= 4 is 17.7 Å². The van der Waals surface area contributed by atoms with Crippen LogP contribution < -0.4 is 16.4 Å². The number of H-pyrrole nitrogens is 1. The summed E-state index contributed by atoms with van der Waals surface area (Å²) in [5.74, 6) is 0.936. The SMILES string of the molecule is Nc1ncc(-c2ccc(CNC(=O)Cc3ccc(NC(CO)c4ccccc4)nc3)cc2)[nH]1. The van der Waals surface area contributed by atoms with Crippen LogP contribution in [0, 0.1) is 0 Å². The maximum atomic E-state index is 12.4. The number of carbonyl (C=O) groups is 1. The van der Waals surface area contributed by atoms with E-state index in [0.29, 0.717) is 18.3 Å². The fraction of sp³-hybridized carbons (Fsp3) is 0.160. The third-order valence-electron chi connectivity index (χ3n) is 5.25. The lowest BCUT2D eigenvalue weighted by molar-refractivity contribution is -0.120. The van der Waals surface area contributed by atoms with Gasteiger partial charge in [0.1, 0.15) is 5.82 Å². The number of imidazole rings is 1. The Morgan fingerprint density at radius 1 is 0.970 bits per heavy atom. The number of nitrogens with one attached hydrogen (secondary N) is 3. The van der Waals surface area contributed by atoms with Crippen molar-refractivity contribution < 1.29 is 9.90 Å². The Morgan fingerprint density at radius 2 is 1.73 bits per heavy atom. The molecule has 0 spiro atoms. The number of pyridine rings is 1. The van der Waals surface area contributed by atoms with Crippen LogP contribution in [-0.4, -0.2) is 32.6 Å². The standard InChI is InChI=1S/C25H26N6O2/c26-25-29-15-21(31-25)20-9-6-17(7-10-20)13-28-24(33)12-18-8-11-23(27-14-18)30-22(16-32)19-4-2-1-3-5-19/h1-11,14-15,22,32H,12-13,16H2,(H,27,30)(H,28,33)(H3,26,29,31). The molecule has 8 heteroatoms. The summed E-state index contributed by atoms with van der Waals surface area (Å²) in [5.41, 5.74) is 10.2. The number of hydrogen-bond acceptors (Lipinski definition) is 6. The molecule has 2 heterocycles. The smallest absolute Gasteiger partial charge is 0.224 e. The van der Waals surface area contributed by atoms with Gasteiger partial charge < -0.3 is 26.5 Å². The second kappa shape index (κ2) is 10.4. The molecule has 1 unspecified atom stereocenters. The molecule has 4 rings (SSSR count). The molecule has 0 radical (unpaired) electrons. The Kier molecular flexibility index (Phi) is 6.96. The van der Waals surface area contributed by atoms with E-state index in [4.69, 9.17) is 5.73 Å². The lowest BCUT2D eigenvalue weighted by Crippen LogP contribution is -2.24. The van der Waals surface area contributed by atoms with E-state index in [9.17, 15) is 9.90 Å². The quantitative estimate of drug-likeness (QED) is 0.271. The molecule has 6 N–H and O–H groups in total. The number of amides is 1. The number of benzene rings is 2. The lowest BCUT2D eigenvalue weighted by Gasteiger charge is -2.17. The summed E-state index contributed by atoms with van der Waals surface area (Å²) >= 11 is 0. The van der Waals surface area contributed by atoms with E-state index in [1.165, 1.54) is 0 Å². The minimum absolute atomic E-state index is 0.0488. The van der Waals surface area contributed by atoms with Crippen molar-refractivity contribution in [3.05, 3.63) is 95.8 Å². The molecule has 33 heavy (non-hydrogen) atoms. The first-order valence-electron chi connectivity index (χ1n) is 10.6. The molecule has 0 aliphatic carbocycles. The molecule has 0 saturated carbocycles. The Hall–Kier alpha value is -4.17. The van der Waals surface area contributed by atoms with Crippen LogP contribution in [0.4, 0.5) is 11.8 Å². The van der Waals surface area contributed by atoms with E-state index in [1.54, 1.807) is 12.4 Å². The maximum absolute atomic E-state index is 12.4. The molecule has 2 aromatic heterocycles. The number of aliphatic hydroxyl groups excluding tert-OH is 1. The number of aromatic amines is 1. The van der Waals surface area contributed by atoms with Crippen LogP contribution >= 0.6 is 0 Å². The summed E-state index contributed by atoms with van der Waals surface area (Å²) in [6.45, 7) is 0.388. The van der Waals surface area contributed by atoms with Gasteiger partial charge in [0.05, 0.1) is 31.0 Å². The summed E-state index contributed by atoms with van der Waals surface area (Å²) in [6, 6.07) is 21.0. The summed E-state index contributed by atoms with van der Waals surface area (Å²) in [5, 5.41) is 15.8. The van der Waals surface area contributed by atoms with Crippen molar-refractivity contribution in [3.63, 3.8) is 0 Å². The van der Waals surface area contributed by atoms with E-state index in [-0.39, 0.29) is 25.0 Å². The molecule has 1 atom stereocenters. The summed E-state index contributed by atoms with van der Waals surface area (Å²) in [4.78, 5) is 23.7. The van der Waals surface area contributed by atoms with Crippen molar-refractivity contribution in [2.24, 2.45) is 0 Å². The van der Waals surface area contributed by atoms with Gasteiger partial charge in [0.2, 0.25) is 5.91 Å². The Labute approximate surface area is 191 Å². The molecule has 0 fully saturated rings. The highest BCUT2D eigenvalue weighted by molar-refractivity contribution is 5.78. The van der Waals surface area contributed by atoms with E-state index in [0.717, 1.165) is 27.9 Å². The molecule has 0 aliphatic heterocycles. The summed E-state index contributed by atoms with van der Waals surface area (Å²) in [7, 11) is 0. The molecule has 4 aromatic rings. The molecule has 168 valence electrons. The third-order valence-corrected chi connectivity index (χ3v) is 5.25. The summed E-state index contributed by atoms with van der Waals surface area (Å²) in [6.07, 6.45) is 3.60. The predicted octanol–water partition coefficient (Wildman–Crippen LogP) is 3.06. The Morgan fingerprint density at radius 3 is 2.36 bits per heavy atom.